The van der Waals surface area contributed by atoms with E-state index in [0.717, 1.165) is 17.0 Å². The number of amides is 1. The first-order chi connectivity index (χ1) is 11.9. The summed E-state index contributed by atoms with van der Waals surface area (Å²) in [5.74, 6) is 0.140. The molecule has 7 heteroatoms. The molecule has 25 heavy (non-hydrogen) atoms. The van der Waals surface area contributed by atoms with E-state index in [9.17, 15) is 13.6 Å². The van der Waals surface area contributed by atoms with Crippen LogP contribution in [-0.2, 0) is 17.8 Å². The Kier molecular flexibility index (Phi) is 7.33. The van der Waals surface area contributed by atoms with Crippen LogP contribution in [0, 0.1) is 6.92 Å². The Balaban J connectivity index is 1.68. The third kappa shape index (κ3) is 6.80. The van der Waals surface area contributed by atoms with Gasteiger partial charge in [-0.2, -0.15) is 8.78 Å². The Bertz CT molecular complexity index is 674. The van der Waals surface area contributed by atoms with Crippen LogP contribution in [0.4, 0.5) is 8.78 Å². The fraction of sp³-hybridized carbons (Fsp3) is 0.389. The highest BCUT2D eigenvalue weighted by Crippen LogP contribution is 2.15. The number of likely N-dealkylation sites (N-methyl/N-ethyl adjacent to an activating group) is 1. The maximum absolute atomic E-state index is 12.1. The largest absolute Gasteiger partial charge is 0.435 e. The van der Waals surface area contributed by atoms with E-state index in [1.54, 1.807) is 23.5 Å². The van der Waals surface area contributed by atoms with Crippen LogP contribution >= 0.6 is 11.3 Å². The van der Waals surface area contributed by atoms with Gasteiger partial charge in [0.1, 0.15) is 12.3 Å². The zero-order chi connectivity index (χ0) is 18.2. The lowest BCUT2D eigenvalue weighted by Gasteiger charge is -2.13. The molecule has 1 aromatic heterocycles. The maximum Gasteiger partial charge on any atom is 0.387 e. The molecule has 1 atom stereocenters. The molecule has 0 saturated carbocycles. The summed E-state index contributed by atoms with van der Waals surface area (Å²) in [4.78, 5) is 14.4. The lowest BCUT2D eigenvalue weighted by atomic mass is 10.1. The first-order valence-electron chi connectivity index (χ1n) is 8.08. The highest BCUT2D eigenvalue weighted by atomic mass is 32.1. The average molecular weight is 369 g/mol. The predicted octanol–water partition coefficient (Wildman–Crippen LogP) is 2.03. The summed E-state index contributed by atoms with van der Waals surface area (Å²) < 4.78 is 28.5. The van der Waals surface area contributed by atoms with E-state index >= 15 is 0 Å². The third-order valence-electron chi connectivity index (χ3n) is 3.78. The zero-order valence-electron chi connectivity index (χ0n) is 14.4. The predicted molar refractivity (Wildman–Crippen MR) is 94.3 cm³/mol. The minimum Gasteiger partial charge on any atom is -0.435 e. The molecule has 1 unspecified atom stereocenters. The number of carbonyl (C=O) groups is 1. The van der Waals surface area contributed by atoms with Gasteiger partial charge in [0.15, 0.2) is 6.54 Å². The monoisotopic (exact) mass is 369 g/mol. The Morgan fingerprint density at radius 3 is 2.60 bits per heavy atom. The second-order valence-electron chi connectivity index (χ2n) is 5.96. The summed E-state index contributed by atoms with van der Waals surface area (Å²) in [7, 11) is 2.00. The lowest BCUT2D eigenvalue weighted by Crippen LogP contribution is -3.08. The van der Waals surface area contributed by atoms with Crippen molar-refractivity contribution in [2.24, 2.45) is 0 Å². The van der Waals surface area contributed by atoms with Gasteiger partial charge in [-0.25, -0.2) is 0 Å². The van der Waals surface area contributed by atoms with E-state index in [4.69, 9.17) is 0 Å². The molecule has 0 saturated heterocycles. The number of carbonyl (C=O) groups excluding carboxylic acids is 1. The summed E-state index contributed by atoms with van der Waals surface area (Å²) >= 11 is 1.72. The van der Waals surface area contributed by atoms with Gasteiger partial charge in [-0.3, -0.25) is 4.79 Å². The molecule has 4 nitrogen and oxygen atoms in total. The van der Waals surface area contributed by atoms with Gasteiger partial charge in [-0.05, 0) is 48.1 Å². The third-order valence-corrected chi connectivity index (χ3v) is 4.80. The number of halogens is 2. The van der Waals surface area contributed by atoms with Gasteiger partial charge in [-0.1, -0.05) is 12.1 Å². The fourth-order valence-corrected chi connectivity index (χ4v) is 3.46. The molecule has 0 spiro atoms. The van der Waals surface area contributed by atoms with E-state index in [0.29, 0.717) is 19.5 Å². The van der Waals surface area contributed by atoms with E-state index < -0.39 is 6.61 Å². The molecule has 0 bridgehead atoms. The van der Waals surface area contributed by atoms with Crippen LogP contribution in [0.2, 0.25) is 0 Å². The molecule has 0 fully saturated rings. The molecule has 0 radical (unpaired) electrons. The molecule has 0 aliphatic rings. The van der Waals surface area contributed by atoms with Crippen LogP contribution in [0.3, 0.4) is 0 Å². The smallest absolute Gasteiger partial charge is 0.387 e. The number of hydrogen-bond acceptors (Lipinski definition) is 3. The number of alkyl halides is 2. The molecule has 2 rings (SSSR count). The minimum atomic E-state index is -2.82. The van der Waals surface area contributed by atoms with Crippen molar-refractivity contribution in [2.45, 2.75) is 26.5 Å². The maximum atomic E-state index is 12.1. The number of thiophene rings is 1. The topological polar surface area (TPSA) is 42.8 Å². The molecule has 1 amide bonds. The van der Waals surface area contributed by atoms with Gasteiger partial charge in [0.25, 0.3) is 5.91 Å². The van der Waals surface area contributed by atoms with Gasteiger partial charge in [0, 0.05) is 6.54 Å². The van der Waals surface area contributed by atoms with Crippen LogP contribution < -0.4 is 15.0 Å². The van der Waals surface area contributed by atoms with Gasteiger partial charge >= 0.3 is 6.61 Å². The second-order valence-corrected chi connectivity index (χ2v) is 6.96. The number of aryl methyl sites for hydroxylation is 1. The lowest BCUT2D eigenvalue weighted by molar-refractivity contribution is -0.885. The number of quaternary nitrogens is 1. The van der Waals surface area contributed by atoms with Crippen LogP contribution in [0.1, 0.15) is 16.0 Å². The van der Waals surface area contributed by atoms with Crippen molar-refractivity contribution in [3.05, 3.63) is 51.7 Å². The Morgan fingerprint density at radius 2 is 2.00 bits per heavy atom. The normalized spacial score (nSPS) is 12.2. The summed E-state index contributed by atoms with van der Waals surface area (Å²) in [6, 6.07) is 8.54. The highest BCUT2D eigenvalue weighted by molar-refractivity contribution is 7.10. The molecular weight excluding hydrogens is 346 g/mol. The first-order valence-corrected chi connectivity index (χ1v) is 8.96. The van der Waals surface area contributed by atoms with E-state index in [-0.39, 0.29) is 11.7 Å². The molecule has 2 aromatic rings. The van der Waals surface area contributed by atoms with Crippen LogP contribution in [0.5, 0.6) is 5.75 Å². The van der Waals surface area contributed by atoms with Crippen molar-refractivity contribution in [2.75, 3.05) is 20.1 Å². The van der Waals surface area contributed by atoms with Gasteiger partial charge in [0.05, 0.1) is 11.9 Å². The molecule has 1 heterocycles. The van der Waals surface area contributed by atoms with Crippen molar-refractivity contribution in [1.82, 2.24) is 5.32 Å². The molecule has 0 aliphatic heterocycles. The number of ether oxygens (including phenoxy) is 1. The summed E-state index contributed by atoms with van der Waals surface area (Å²) in [5.41, 5.74) is 2.22. The average Bonchev–Trinajstić information content (AvgIpc) is 2.93. The minimum absolute atomic E-state index is 0.00404. The number of hydrogen-bond donors (Lipinski definition) is 2. The number of rotatable bonds is 9. The molecule has 136 valence electrons. The van der Waals surface area contributed by atoms with Gasteiger partial charge < -0.3 is 15.0 Å². The van der Waals surface area contributed by atoms with E-state index in [1.807, 2.05) is 7.05 Å². The summed E-state index contributed by atoms with van der Waals surface area (Å²) in [6.45, 7) is 1.03. The van der Waals surface area contributed by atoms with Crippen LogP contribution in [0.15, 0.2) is 35.7 Å². The zero-order valence-corrected chi connectivity index (χ0v) is 15.2. The van der Waals surface area contributed by atoms with E-state index in [1.165, 1.54) is 22.6 Å². The van der Waals surface area contributed by atoms with Gasteiger partial charge in [-0.15, -0.1) is 11.3 Å². The Hall–Kier alpha value is -1.99. The number of benzene rings is 1. The van der Waals surface area contributed by atoms with Crippen LogP contribution in [0.25, 0.3) is 0 Å². The van der Waals surface area contributed by atoms with Crippen molar-refractivity contribution < 1.29 is 23.2 Å². The molecular formula is C18H23F2N2O2S+. The van der Waals surface area contributed by atoms with E-state index in [2.05, 4.69) is 28.4 Å². The molecule has 1 aromatic carbocycles. The first kappa shape index (κ1) is 19.3. The second kappa shape index (κ2) is 9.48. The molecule has 2 N–H and O–H groups in total. The highest BCUT2D eigenvalue weighted by Gasteiger charge is 2.12. The number of nitrogens with one attached hydrogen (secondary N) is 2. The van der Waals surface area contributed by atoms with Gasteiger partial charge in [0.2, 0.25) is 0 Å². The standard InChI is InChI=1S/C18H22F2N2O2S/c1-13-8-10-25-16(13)11-22(2)12-17(23)21-9-7-14-3-5-15(6-4-14)24-18(19)20/h3-6,8,10,18H,7,9,11-12H2,1-2H3,(H,21,23)/p+1. The van der Waals surface area contributed by atoms with Crippen molar-refractivity contribution in [1.29, 1.82) is 0 Å². The van der Waals surface area contributed by atoms with Crippen LogP contribution in [-0.4, -0.2) is 32.7 Å². The fourth-order valence-electron chi connectivity index (χ4n) is 2.44. The Morgan fingerprint density at radius 1 is 1.28 bits per heavy atom. The van der Waals surface area contributed by atoms with Crippen molar-refractivity contribution >= 4 is 17.2 Å². The summed E-state index contributed by atoms with van der Waals surface area (Å²) in [6.07, 6.45) is 0.643. The van der Waals surface area contributed by atoms with Crippen molar-refractivity contribution in [3.63, 3.8) is 0 Å². The summed E-state index contributed by atoms with van der Waals surface area (Å²) in [5, 5.41) is 4.96. The SMILES string of the molecule is Cc1ccsc1C[NH+](C)CC(=O)NCCc1ccc(OC(F)F)cc1. The Labute approximate surface area is 150 Å². The molecule has 0 aliphatic carbocycles. The quantitative estimate of drug-likeness (QED) is 0.710. The van der Waals surface area contributed by atoms with Crippen molar-refractivity contribution in [3.8, 4) is 5.75 Å².